The number of fused-ring (bicyclic) bond motifs is 2. The number of hydrogen-bond donors (Lipinski definition) is 1. The number of nitrogens with zero attached hydrogens (tertiary/aromatic N) is 3. The van der Waals surface area contributed by atoms with Crippen molar-refractivity contribution >= 4 is 45.3 Å². The van der Waals surface area contributed by atoms with Crippen LogP contribution in [-0.2, 0) is 16.0 Å². The van der Waals surface area contributed by atoms with E-state index < -0.39 is 5.97 Å². The average molecular weight is 408 g/mol. The second-order valence-corrected chi connectivity index (χ2v) is 8.08. The molecule has 1 aliphatic rings. The van der Waals surface area contributed by atoms with Gasteiger partial charge in [-0.15, -0.1) is 11.3 Å². The Balaban J connectivity index is 1.60. The number of ether oxygens (including phenoxy) is 2. The number of esters is 1. The third-order valence-electron chi connectivity index (χ3n) is 5.11. The Labute approximate surface area is 171 Å². The molecule has 1 aliphatic heterocycles. The van der Waals surface area contributed by atoms with Gasteiger partial charge in [0.2, 0.25) is 0 Å². The first-order chi connectivity index (χ1) is 14.2. The molecule has 2 N–H and O–H groups in total. The minimum absolute atomic E-state index is 0.0495. The fraction of sp³-hybridized carbons (Fsp3) is 0.286. The molecule has 1 saturated heterocycles. The van der Waals surface area contributed by atoms with Crippen molar-refractivity contribution in [1.29, 1.82) is 0 Å². The smallest absolute Gasteiger partial charge is 0.344 e. The van der Waals surface area contributed by atoms with Crippen molar-refractivity contribution in [3.63, 3.8) is 0 Å². The molecule has 0 radical (unpaired) electrons. The molecule has 3 aromatic heterocycles. The van der Waals surface area contributed by atoms with Crippen molar-refractivity contribution in [2.75, 3.05) is 18.9 Å². The van der Waals surface area contributed by atoms with E-state index in [-0.39, 0.29) is 18.3 Å². The first-order valence-electron chi connectivity index (χ1n) is 9.56. The number of aromatic nitrogens is 3. The van der Waals surface area contributed by atoms with Gasteiger partial charge in [-0.05, 0) is 36.4 Å². The lowest BCUT2D eigenvalue weighted by Crippen LogP contribution is -2.18. The molecule has 8 heteroatoms. The molecule has 29 heavy (non-hydrogen) atoms. The molecule has 0 bridgehead atoms. The monoisotopic (exact) mass is 408 g/mol. The van der Waals surface area contributed by atoms with E-state index >= 15 is 0 Å². The van der Waals surface area contributed by atoms with E-state index in [1.165, 1.54) is 0 Å². The summed E-state index contributed by atoms with van der Waals surface area (Å²) in [5, 5.41) is 2.01. The van der Waals surface area contributed by atoms with Crippen LogP contribution >= 0.6 is 11.3 Å². The zero-order valence-corrected chi connectivity index (χ0v) is 16.5. The second-order valence-electron chi connectivity index (χ2n) is 7.04. The highest BCUT2D eigenvalue weighted by atomic mass is 32.1. The number of nitrogen functional groups attached to an aromatic ring is 1. The molecule has 4 aromatic rings. The standard InChI is InChI=1S/C21H20N4O3S/c22-19-17(21(26)28-12-13-5-3-9-27-13)18-20(25(19)11-14-6-4-10-29-14)24-16-8-2-1-7-15(16)23-18/h1-2,4,6-8,10,13H,3,5,9,11-12,22H2/t13-/m1/s1. The van der Waals surface area contributed by atoms with Crippen LogP contribution in [0.3, 0.4) is 0 Å². The zero-order valence-electron chi connectivity index (χ0n) is 15.7. The maximum absolute atomic E-state index is 13.0. The average Bonchev–Trinajstić information content (AvgIpc) is 3.48. The summed E-state index contributed by atoms with van der Waals surface area (Å²) in [4.78, 5) is 23.5. The van der Waals surface area contributed by atoms with Crippen LogP contribution in [0, 0.1) is 0 Å². The van der Waals surface area contributed by atoms with E-state index in [1.54, 1.807) is 11.3 Å². The normalized spacial score (nSPS) is 16.6. The van der Waals surface area contributed by atoms with Crippen LogP contribution in [0.15, 0.2) is 41.8 Å². The van der Waals surface area contributed by atoms with Crippen molar-refractivity contribution in [2.45, 2.75) is 25.5 Å². The molecule has 1 aromatic carbocycles. The number of nitrogens with two attached hydrogens (primary N) is 1. The number of rotatable bonds is 5. The molecule has 0 unspecified atom stereocenters. The van der Waals surface area contributed by atoms with E-state index in [4.69, 9.17) is 25.2 Å². The molecule has 1 fully saturated rings. The van der Waals surface area contributed by atoms with Gasteiger partial charge in [-0.3, -0.25) is 0 Å². The summed E-state index contributed by atoms with van der Waals surface area (Å²) >= 11 is 1.63. The highest BCUT2D eigenvalue weighted by Crippen LogP contribution is 2.30. The maximum atomic E-state index is 13.0. The summed E-state index contributed by atoms with van der Waals surface area (Å²) in [7, 11) is 0. The van der Waals surface area contributed by atoms with Gasteiger partial charge in [0.15, 0.2) is 5.65 Å². The SMILES string of the molecule is Nc1c(C(=O)OC[C@H]2CCCO2)c2nc3ccccc3nc2n1Cc1cccs1. The Bertz CT molecular complexity index is 1180. The number of hydrogen-bond acceptors (Lipinski definition) is 7. The van der Waals surface area contributed by atoms with Crippen molar-refractivity contribution in [1.82, 2.24) is 14.5 Å². The van der Waals surface area contributed by atoms with Gasteiger partial charge in [0, 0.05) is 11.5 Å². The molecule has 0 amide bonds. The van der Waals surface area contributed by atoms with Crippen molar-refractivity contribution in [3.05, 3.63) is 52.2 Å². The summed E-state index contributed by atoms with van der Waals surface area (Å²) < 4.78 is 12.9. The molecule has 1 atom stereocenters. The van der Waals surface area contributed by atoms with Gasteiger partial charge in [-0.1, -0.05) is 18.2 Å². The summed E-state index contributed by atoms with van der Waals surface area (Å²) in [6.07, 6.45) is 1.83. The lowest BCUT2D eigenvalue weighted by molar-refractivity contribution is 0.0163. The molecular formula is C21H20N4O3S. The van der Waals surface area contributed by atoms with Gasteiger partial charge in [0.05, 0.1) is 23.7 Å². The summed E-state index contributed by atoms with van der Waals surface area (Å²) in [6, 6.07) is 11.6. The Morgan fingerprint density at radius 3 is 2.79 bits per heavy atom. The van der Waals surface area contributed by atoms with E-state index in [0.717, 1.165) is 23.2 Å². The second kappa shape index (κ2) is 7.46. The number of carbonyl (C=O) groups excluding carboxylic acids is 1. The molecule has 0 spiro atoms. The van der Waals surface area contributed by atoms with Gasteiger partial charge in [-0.25, -0.2) is 14.8 Å². The highest BCUT2D eigenvalue weighted by Gasteiger charge is 2.26. The number of thiophene rings is 1. The van der Waals surface area contributed by atoms with Crippen LogP contribution in [0.4, 0.5) is 5.82 Å². The molecule has 148 valence electrons. The van der Waals surface area contributed by atoms with E-state index in [0.29, 0.717) is 35.7 Å². The van der Waals surface area contributed by atoms with Gasteiger partial charge in [0.1, 0.15) is 23.5 Å². The van der Waals surface area contributed by atoms with E-state index in [9.17, 15) is 4.79 Å². The lowest BCUT2D eigenvalue weighted by atomic mass is 10.2. The van der Waals surface area contributed by atoms with Crippen molar-refractivity contribution < 1.29 is 14.3 Å². The predicted octanol–water partition coefficient (Wildman–Crippen LogP) is 3.61. The fourth-order valence-electron chi connectivity index (χ4n) is 3.65. The summed E-state index contributed by atoms with van der Waals surface area (Å²) in [6.45, 7) is 1.45. The number of carbonyl (C=O) groups is 1. The van der Waals surface area contributed by atoms with E-state index in [2.05, 4.69) is 0 Å². The Hall–Kier alpha value is -2.97. The Morgan fingerprint density at radius 1 is 1.24 bits per heavy atom. The van der Waals surface area contributed by atoms with Crippen molar-refractivity contribution in [2.24, 2.45) is 0 Å². The summed E-state index contributed by atoms with van der Waals surface area (Å²) in [5.74, 6) is -0.168. The predicted molar refractivity (Wildman–Crippen MR) is 112 cm³/mol. The Kier molecular flexibility index (Phi) is 4.65. The molecule has 5 rings (SSSR count). The first-order valence-corrected chi connectivity index (χ1v) is 10.4. The van der Waals surface area contributed by atoms with Crippen LogP contribution in [0.1, 0.15) is 28.1 Å². The number of anilines is 1. The largest absolute Gasteiger partial charge is 0.459 e. The maximum Gasteiger partial charge on any atom is 0.344 e. The summed E-state index contributed by atoms with van der Waals surface area (Å²) in [5.41, 5.74) is 9.22. The van der Waals surface area contributed by atoms with Crippen LogP contribution in [0.5, 0.6) is 0 Å². The van der Waals surface area contributed by atoms with Crippen molar-refractivity contribution in [3.8, 4) is 0 Å². The minimum Gasteiger partial charge on any atom is -0.459 e. The first kappa shape index (κ1) is 18.1. The third kappa shape index (κ3) is 3.34. The van der Waals surface area contributed by atoms with E-state index in [1.807, 2.05) is 46.3 Å². The topological polar surface area (TPSA) is 92.3 Å². The lowest BCUT2D eigenvalue weighted by Gasteiger charge is -2.10. The molecule has 7 nitrogen and oxygen atoms in total. The highest BCUT2D eigenvalue weighted by molar-refractivity contribution is 7.09. The minimum atomic E-state index is -0.488. The number of para-hydroxylation sites is 2. The molecule has 0 saturated carbocycles. The van der Waals surface area contributed by atoms with Gasteiger partial charge in [-0.2, -0.15) is 0 Å². The molecular weight excluding hydrogens is 388 g/mol. The number of benzene rings is 1. The van der Waals surface area contributed by atoms with Gasteiger partial charge in [0.25, 0.3) is 0 Å². The van der Waals surface area contributed by atoms with Crippen LogP contribution in [0.25, 0.3) is 22.2 Å². The quantitative estimate of drug-likeness (QED) is 0.507. The Morgan fingerprint density at radius 2 is 2.07 bits per heavy atom. The van der Waals surface area contributed by atoms with Crippen LogP contribution < -0.4 is 5.73 Å². The van der Waals surface area contributed by atoms with Gasteiger partial charge >= 0.3 is 5.97 Å². The van der Waals surface area contributed by atoms with Crippen LogP contribution in [-0.4, -0.2) is 39.8 Å². The van der Waals surface area contributed by atoms with Crippen LogP contribution in [0.2, 0.25) is 0 Å². The molecule has 0 aliphatic carbocycles. The zero-order chi connectivity index (χ0) is 19.8. The fourth-order valence-corrected chi connectivity index (χ4v) is 4.35. The third-order valence-corrected chi connectivity index (χ3v) is 5.98. The molecule has 4 heterocycles. The van der Waals surface area contributed by atoms with Gasteiger partial charge < -0.3 is 19.8 Å².